The first kappa shape index (κ1) is 15.8. The molecule has 4 nitrogen and oxygen atoms in total. The van der Waals surface area contributed by atoms with Gasteiger partial charge in [0, 0.05) is 13.2 Å². The second-order valence-electron chi connectivity index (χ2n) is 5.40. The highest BCUT2D eigenvalue weighted by molar-refractivity contribution is 5.82. The van der Waals surface area contributed by atoms with E-state index >= 15 is 0 Å². The average molecular weight is 291 g/mol. The number of nitrogens with one attached hydrogen (secondary N) is 1. The summed E-state index contributed by atoms with van der Waals surface area (Å²) in [6.45, 7) is 6.05. The number of ether oxygens (including phenoxy) is 2. The number of hydrogen-bond donors (Lipinski definition) is 1. The quantitative estimate of drug-likeness (QED) is 0.712. The molecule has 1 saturated carbocycles. The second-order valence-corrected chi connectivity index (χ2v) is 5.40. The lowest BCUT2D eigenvalue weighted by Gasteiger charge is -2.09. The van der Waals surface area contributed by atoms with Gasteiger partial charge in [0.25, 0.3) is 0 Å². The highest BCUT2D eigenvalue weighted by atomic mass is 16.5. The van der Waals surface area contributed by atoms with Gasteiger partial charge in [-0.2, -0.15) is 0 Å². The Hall–Kier alpha value is -1.55. The van der Waals surface area contributed by atoms with Crippen molar-refractivity contribution >= 4 is 5.91 Å². The van der Waals surface area contributed by atoms with Crippen molar-refractivity contribution in [2.75, 3.05) is 13.2 Å². The molecule has 0 saturated heterocycles. The molecule has 4 heteroatoms. The van der Waals surface area contributed by atoms with E-state index < -0.39 is 0 Å². The van der Waals surface area contributed by atoms with E-state index in [1.807, 2.05) is 31.2 Å². The maximum absolute atomic E-state index is 11.9. The first-order valence-corrected chi connectivity index (χ1v) is 7.85. The van der Waals surface area contributed by atoms with Crippen LogP contribution in [0.15, 0.2) is 24.3 Å². The minimum absolute atomic E-state index is 0.0361. The maximum Gasteiger partial charge on any atom is 0.226 e. The Morgan fingerprint density at radius 1 is 1.38 bits per heavy atom. The van der Waals surface area contributed by atoms with E-state index in [1.54, 1.807) is 0 Å². The SMILES string of the molecule is CCCCOc1cccc(CNC(=O)C2CC2OCC)c1. The molecule has 1 amide bonds. The zero-order chi connectivity index (χ0) is 15.1. The van der Waals surface area contributed by atoms with Gasteiger partial charge in [0.1, 0.15) is 5.75 Å². The van der Waals surface area contributed by atoms with Crippen molar-refractivity contribution in [2.45, 2.75) is 45.8 Å². The number of unbranched alkanes of at least 4 members (excludes halogenated alkanes) is 1. The Balaban J connectivity index is 1.75. The van der Waals surface area contributed by atoms with Crippen molar-refractivity contribution in [3.63, 3.8) is 0 Å². The van der Waals surface area contributed by atoms with E-state index in [2.05, 4.69) is 12.2 Å². The molecule has 2 rings (SSSR count). The van der Waals surface area contributed by atoms with E-state index in [0.29, 0.717) is 13.2 Å². The summed E-state index contributed by atoms with van der Waals surface area (Å²) in [4.78, 5) is 11.9. The predicted molar refractivity (Wildman–Crippen MR) is 82.2 cm³/mol. The number of benzene rings is 1. The van der Waals surface area contributed by atoms with Crippen LogP contribution in [-0.2, 0) is 16.1 Å². The average Bonchev–Trinajstić information content (AvgIpc) is 3.25. The van der Waals surface area contributed by atoms with E-state index in [9.17, 15) is 4.79 Å². The topological polar surface area (TPSA) is 47.6 Å². The summed E-state index contributed by atoms with van der Waals surface area (Å²) in [5, 5.41) is 2.97. The minimum Gasteiger partial charge on any atom is -0.494 e. The van der Waals surface area contributed by atoms with Crippen LogP contribution in [0.4, 0.5) is 0 Å². The molecule has 0 heterocycles. The van der Waals surface area contributed by atoms with E-state index in [-0.39, 0.29) is 17.9 Å². The molecule has 1 fully saturated rings. The number of carbonyl (C=O) groups is 1. The Morgan fingerprint density at radius 3 is 3.00 bits per heavy atom. The highest BCUT2D eigenvalue weighted by Gasteiger charge is 2.43. The molecule has 2 atom stereocenters. The molecule has 0 spiro atoms. The van der Waals surface area contributed by atoms with Crippen LogP contribution in [0.1, 0.15) is 38.7 Å². The molecule has 0 radical (unpaired) electrons. The van der Waals surface area contributed by atoms with Crippen molar-refractivity contribution < 1.29 is 14.3 Å². The van der Waals surface area contributed by atoms with E-state index in [4.69, 9.17) is 9.47 Å². The fraction of sp³-hybridized carbons (Fsp3) is 0.588. The zero-order valence-electron chi connectivity index (χ0n) is 12.9. The van der Waals surface area contributed by atoms with Gasteiger partial charge < -0.3 is 14.8 Å². The van der Waals surface area contributed by atoms with Crippen LogP contribution in [0, 0.1) is 5.92 Å². The molecular weight excluding hydrogens is 266 g/mol. The largest absolute Gasteiger partial charge is 0.494 e. The third-order valence-electron chi connectivity index (χ3n) is 3.58. The second kappa shape index (κ2) is 8.03. The summed E-state index contributed by atoms with van der Waals surface area (Å²) < 4.78 is 11.1. The van der Waals surface area contributed by atoms with Crippen LogP contribution in [-0.4, -0.2) is 25.2 Å². The Labute approximate surface area is 126 Å². The van der Waals surface area contributed by atoms with Gasteiger partial charge in [0.15, 0.2) is 0 Å². The van der Waals surface area contributed by atoms with E-state index in [1.165, 1.54) is 0 Å². The summed E-state index contributed by atoms with van der Waals surface area (Å²) in [6, 6.07) is 7.90. The van der Waals surface area contributed by atoms with Crippen molar-refractivity contribution in [3.05, 3.63) is 29.8 Å². The third kappa shape index (κ3) is 5.05. The summed E-state index contributed by atoms with van der Waals surface area (Å²) in [5.74, 6) is 0.994. The van der Waals surface area contributed by atoms with Crippen molar-refractivity contribution in [3.8, 4) is 5.75 Å². The smallest absolute Gasteiger partial charge is 0.226 e. The van der Waals surface area contributed by atoms with Gasteiger partial charge in [-0.3, -0.25) is 4.79 Å². The minimum atomic E-state index is 0.0361. The molecule has 1 aliphatic rings. The van der Waals surface area contributed by atoms with Gasteiger partial charge in [0.05, 0.1) is 18.6 Å². The Bertz CT molecular complexity index is 461. The molecule has 1 aromatic carbocycles. The lowest BCUT2D eigenvalue weighted by Crippen LogP contribution is -2.26. The number of carbonyl (C=O) groups excluding carboxylic acids is 1. The molecule has 1 aromatic rings. The first-order valence-electron chi connectivity index (χ1n) is 7.85. The van der Waals surface area contributed by atoms with E-state index in [0.717, 1.165) is 37.2 Å². The van der Waals surface area contributed by atoms with Gasteiger partial charge >= 0.3 is 0 Å². The molecule has 1 aliphatic carbocycles. The van der Waals surface area contributed by atoms with Crippen LogP contribution in [0.5, 0.6) is 5.75 Å². The molecule has 2 unspecified atom stereocenters. The van der Waals surface area contributed by atoms with Gasteiger partial charge in [-0.1, -0.05) is 25.5 Å². The normalized spacial score (nSPS) is 20.1. The molecule has 0 aliphatic heterocycles. The third-order valence-corrected chi connectivity index (χ3v) is 3.58. The van der Waals surface area contributed by atoms with Gasteiger partial charge in [0.2, 0.25) is 5.91 Å². The van der Waals surface area contributed by atoms with Crippen LogP contribution >= 0.6 is 0 Å². The number of amides is 1. The van der Waals surface area contributed by atoms with Crippen molar-refractivity contribution in [2.24, 2.45) is 5.92 Å². The molecule has 1 N–H and O–H groups in total. The highest BCUT2D eigenvalue weighted by Crippen LogP contribution is 2.33. The van der Waals surface area contributed by atoms with Crippen LogP contribution < -0.4 is 10.1 Å². The first-order chi connectivity index (χ1) is 10.2. The fourth-order valence-electron chi connectivity index (χ4n) is 2.25. The summed E-state index contributed by atoms with van der Waals surface area (Å²) in [5.41, 5.74) is 1.06. The molecule has 0 aromatic heterocycles. The number of rotatable bonds is 9. The molecular formula is C17H25NO3. The summed E-state index contributed by atoms with van der Waals surface area (Å²) in [6.07, 6.45) is 3.15. The van der Waals surface area contributed by atoms with Crippen LogP contribution in [0.3, 0.4) is 0 Å². The van der Waals surface area contributed by atoms with Gasteiger partial charge in [-0.25, -0.2) is 0 Å². The predicted octanol–water partition coefficient (Wildman–Crippen LogP) is 2.91. The van der Waals surface area contributed by atoms with Crippen molar-refractivity contribution in [1.29, 1.82) is 0 Å². The zero-order valence-corrected chi connectivity index (χ0v) is 12.9. The van der Waals surface area contributed by atoms with Crippen LogP contribution in [0.2, 0.25) is 0 Å². The lowest BCUT2D eigenvalue weighted by atomic mass is 10.2. The van der Waals surface area contributed by atoms with Crippen LogP contribution in [0.25, 0.3) is 0 Å². The van der Waals surface area contributed by atoms with Gasteiger partial charge in [-0.05, 0) is 37.5 Å². The van der Waals surface area contributed by atoms with Gasteiger partial charge in [-0.15, -0.1) is 0 Å². The summed E-state index contributed by atoms with van der Waals surface area (Å²) >= 11 is 0. The number of hydrogen-bond acceptors (Lipinski definition) is 3. The van der Waals surface area contributed by atoms with Crippen molar-refractivity contribution in [1.82, 2.24) is 5.32 Å². The summed E-state index contributed by atoms with van der Waals surface area (Å²) in [7, 11) is 0. The Kier molecular flexibility index (Phi) is 6.05. The maximum atomic E-state index is 11.9. The molecule has 0 bridgehead atoms. The Morgan fingerprint density at radius 2 is 2.24 bits per heavy atom. The fourth-order valence-corrected chi connectivity index (χ4v) is 2.25. The molecule has 116 valence electrons. The standard InChI is InChI=1S/C17H25NO3/c1-3-5-9-21-14-8-6-7-13(10-14)12-18-17(19)15-11-16(15)20-4-2/h6-8,10,15-16H,3-5,9,11-12H2,1-2H3,(H,18,19). The lowest BCUT2D eigenvalue weighted by molar-refractivity contribution is -0.123. The monoisotopic (exact) mass is 291 g/mol. The molecule has 21 heavy (non-hydrogen) atoms.